The van der Waals surface area contributed by atoms with Gasteiger partial charge in [0.1, 0.15) is 0 Å². The fourth-order valence-corrected chi connectivity index (χ4v) is 3.00. The van der Waals surface area contributed by atoms with Gasteiger partial charge in [0.25, 0.3) is 5.91 Å². The zero-order valence-electron chi connectivity index (χ0n) is 13.4. The molecule has 0 fully saturated rings. The van der Waals surface area contributed by atoms with E-state index in [4.69, 9.17) is 0 Å². The molecule has 0 aliphatic heterocycles. The number of amides is 2. The summed E-state index contributed by atoms with van der Waals surface area (Å²) in [6, 6.07) is 12.4. The highest BCUT2D eigenvalue weighted by molar-refractivity contribution is 7.07. The van der Waals surface area contributed by atoms with Crippen LogP contribution in [0.4, 0.5) is 11.4 Å². The Morgan fingerprint density at radius 2 is 1.76 bits per heavy atom. The van der Waals surface area contributed by atoms with Gasteiger partial charge in [-0.15, -0.1) is 0 Å². The van der Waals surface area contributed by atoms with Crippen molar-refractivity contribution in [3.8, 4) is 0 Å². The van der Waals surface area contributed by atoms with E-state index >= 15 is 0 Å². The maximum atomic E-state index is 12.2. The van der Waals surface area contributed by atoms with Gasteiger partial charge in [-0.3, -0.25) is 14.6 Å². The molecule has 0 radical (unpaired) electrons. The Morgan fingerprint density at radius 1 is 1.00 bits per heavy atom. The molecule has 2 N–H and O–H groups in total. The molecule has 126 valence electrons. The Bertz CT molecular complexity index is 848. The van der Waals surface area contributed by atoms with Crippen LogP contribution in [-0.4, -0.2) is 16.8 Å². The van der Waals surface area contributed by atoms with Crippen LogP contribution in [0.15, 0.2) is 65.6 Å². The molecule has 3 aromatic rings. The summed E-state index contributed by atoms with van der Waals surface area (Å²) in [5.41, 5.74) is 2.97. The number of hydrogen-bond acceptors (Lipinski definition) is 4. The summed E-state index contributed by atoms with van der Waals surface area (Å²) < 4.78 is 0. The molecular weight excluding hydrogens is 334 g/mol. The van der Waals surface area contributed by atoms with Crippen LogP contribution in [0.25, 0.3) is 0 Å². The van der Waals surface area contributed by atoms with Crippen molar-refractivity contribution in [1.29, 1.82) is 0 Å². The maximum absolute atomic E-state index is 12.2. The summed E-state index contributed by atoms with van der Waals surface area (Å²) in [5.74, 6) is -0.271. The number of anilines is 2. The van der Waals surface area contributed by atoms with E-state index < -0.39 is 0 Å². The highest BCUT2D eigenvalue weighted by Crippen LogP contribution is 2.17. The van der Waals surface area contributed by atoms with E-state index in [0.717, 1.165) is 0 Å². The normalized spacial score (nSPS) is 10.2. The third-order valence-corrected chi connectivity index (χ3v) is 4.30. The van der Waals surface area contributed by atoms with Crippen molar-refractivity contribution in [1.82, 2.24) is 4.98 Å². The number of benzene rings is 1. The molecule has 0 bridgehead atoms. The fraction of sp³-hybridized carbons (Fsp3) is 0.105. The minimum Gasteiger partial charge on any atom is -0.326 e. The lowest BCUT2D eigenvalue weighted by atomic mass is 10.2. The number of pyridine rings is 1. The van der Waals surface area contributed by atoms with Gasteiger partial charge in [-0.25, -0.2) is 0 Å². The van der Waals surface area contributed by atoms with Crippen LogP contribution in [0, 0.1) is 0 Å². The van der Waals surface area contributed by atoms with Crippen molar-refractivity contribution in [2.45, 2.75) is 12.8 Å². The number of aromatic nitrogens is 1. The molecule has 0 aliphatic carbocycles. The number of aryl methyl sites for hydroxylation is 1. The Morgan fingerprint density at radius 3 is 2.48 bits per heavy atom. The van der Waals surface area contributed by atoms with E-state index in [1.807, 2.05) is 16.8 Å². The van der Waals surface area contributed by atoms with Gasteiger partial charge in [0, 0.05) is 35.8 Å². The van der Waals surface area contributed by atoms with Gasteiger partial charge in [-0.1, -0.05) is 6.07 Å². The first kappa shape index (κ1) is 16.9. The van der Waals surface area contributed by atoms with Gasteiger partial charge in [0.2, 0.25) is 5.91 Å². The van der Waals surface area contributed by atoms with E-state index in [0.29, 0.717) is 29.8 Å². The zero-order valence-corrected chi connectivity index (χ0v) is 14.3. The summed E-state index contributed by atoms with van der Waals surface area (Å²) in [6.07, 6.45) is 4.27. The lowest BCUT2D eigenvalue weighted by Gasteiger charge is -2.09. The summed E-state index contributed by atoms with van der Waals surface area (Å²) in [6.45, 7) is 0. The van der Waals surface area contributed by atoms with Gasteiger partial charge in [0.05, 0.1) is 0 Å². The summed E-state index contributed by atoms with van der Waals surface area (Å²) in [7, 11) is 0. The van der Waals surface area contributed by atoms with Gasteiger partial charge < -0.3 is 10.6 Å². The second-order valence-corrected chi connectivity index (χ2v) is 6.23. The van der Waals surface area contributed by atoms with Crippen molar-refractivity contribution in [2.75, 3.05) is 10.6 Å². The van der Waals surface area contributed by atoms with Crippen LogP contribution in [0.1, 0.15) is 22.3 Å². The van der Waals surface area contributed by atoms with Crippen LogP contribution >= 0.6 is 11.3 Å². The molecule has 0 spiro atoms. The fourth-order valence-electron chi connectivity index (χ4n) is 2.30. The molecule has 2 amide bonds. The minimum absolute atomic E-state index is 0.0520. The third kappa shape index (κ3) is 4.99. The molecular formula is C19H17N3O2S. The van der Waals surface area contributed by atoms with Crippen molar-refractivity contribution in [3.63, 3.8) is 0 Å². The quantitative estimate of drug-likeness (QED) is 0.706. The number of nitrogens with zero attached hydrogens (tertiary/aromatic N) is 1. The molecule has 0 unspecified atom stereocenters. The standard InChI is InChI=1S/C19H17N3O2S/c23-18(5-4-14-8-11-25-13-14)21-16-2-1-3-17(12-16)22-19(24)15-6-9-20-10-7-15/h1-3,6-13H,4-5H2,(H,21,23)(H,22,24). The molecule has 0 aliphatic rings. The summed E-state index contributed by atoms with van der Waals surface area (Å²) in [5, 5.41) is 9.72. The van der Waals surface area contributed by atoms with E-state index in [2.05, 4.69) is 15.6 Å². The first-order chi connectivity index (χ1) is 12.2. The average molecular weight is 351 g/mol. The molecule has 3 rings (SSSR count). The smallest absolute Gasteiger partial charge is 0.255 e. The molecule has 0 saturated heterocycles. The number of thiophene rings is 1. The highest BCUT2D eigenvalue weighted by Gasteiger charge is 2.07. The lowest BCUT2D eigenvalue weighted by molar-refractivity contribution is -0.116. The first-order valence-electron chi connectivity index (χ1n) is 7.83. The van der Waals surface area contributed by atoms with E-state index in [9.17, 15) is 9.59 Å². The second-order valence-electron chi connectivity index (χ2n) is 5.45. The number of carbonyl (C=O) groups excluding carboxylic acids is 2. The SMILES string of the molecule is O=C(CCc1ccsc1)Nc1cccc(NC(=O)c2ccncc2)c1. The van der Waals surface area contributed by atoms with Crippen molar-refractivity contribution in [3.05, 3.63) is 76.7 Å². The third-order valence-electron chi connectivity index (χ3n) is 3.57. The molecule has 6 heteroatoms. The Kier molecular flexibility index (Phi) is 5.53. The summed E-state index contributed by atoms with van der Waals surface area (Å²) in [4.78, 5) is 28.1. The molecule has 5 nitrogen and oxygen atoms in total. The molecule has 0 atom stereocenters. The Balaban J connectivity index is 1.57. The van der Waals surface area contributed by atoms with Crippen molar-refractivity contribution in [2.24, 2.45) is 0 Å². The van der Waals surface area contributed by atoms with E-state index in [-0.39, 0.29) is 11.8 Å². The topological polar surface area (TPSA) is 71.1 Å². The van der Waals surface area contributed by atoms with Gasteiger partial charge in [-0.2, -0.15) is 11.3 Å². The Labute approximate surface area is 149 Å². The molecule has 2 heterocycles. The maximum Gasteiger partial charge on any atom is 0.255 e. The van der Waals surface area contributed by atoms with Crippen LogP contribution < -0.4 is 10.6 Å². The first-order valence-corrected chi connectivity index (χ1v) is 8.77. The Hall–Kier alpha value is -2.99. The summed E-state index contributed by atoms with van der Waals surface area (Å²) >= 11 is 1.63. The molecule has 2 aromatic heterocycles. The predicted octanol–water partition coefficient (Wildman–Crippen LogP) is 3.97. The monoisotopic (exact) mass is 351 g/mol. The second kappa shape index (κ2) is 8.21. The number of carbonyl (C=O) groups is 2. The zero-order chi connectivity index (χ0) is 17.5. The van der Waals surface area contributed by atoms with Gasteiger partial charge >= 0.3 is 0 Å². The highest BCUT2D eigenvalue weighted by atomic mass is 32.1. The van der Waals surface area contributed by atoms with E-state index in [1.54, 1.807) is 60.1 Å². The largest absolute Gasteiger partial charge is 0.326 e. The lowest BCUT2D eigenvalue weighted by Crippen LogP contribution is -2.14. The van der Waals surface area contributed by atoms with Crippen molar-refractivity contribution >= 4 is 34.5 Å². The van der Waals surface area contributed by atoms with E-state index in [1.165, 1.54) is 5.56 Å². The van der Waals surface area contributed by atoms with Crippen LogP contribution in [0.2, 0.25) is 0 Å². The molecule has 0 saturated carbocycles. The van der Waals surface area contributed by atoms with Gasteiger partial charge in [0.15, 0.2) is 0 Å². The number of hydrogen-bond donors (Lipinski definition) is 2. The average Bonchev–Trinajstić information content (AvgIpc) is 3.15. The van der Waals surface area contributed by atoms with Crippen LogP contribution in [-0.2, 0) is 11.2 Å². The molecule has 1 aromatic carbocycles. The number of rotatable bonds is 6. The van der Waals surface area contributed by atoms with Crippen LogP contribution in [0.5, 0.6) is 0 Å². The molecule has 25 heavy (non-hydrogen) atoms. The predicted molar refractivity (Wildman–Crippen MR) is 99.9 cm³/mol. The van der Waals surface area contributed by atoms with Gasteiger partial charge in [-0.05, 0) is 59.1 Å². The van der Waals surface area contributed by atoms with Crippen LogP contribution in [0.3, 0.4) is 0 Å². The minimum atomic E-state index is -0.219. The van der Waals surface area contributed by atoms with Crippen molar-refractivity contribution < 1.29 is 9.59 Å². The number of nitrogens with one attached hydrogen (secondary N) is 2.